The van der Waals surface area contributed by atoms with Gasteiger partial charge in [0.15, 0.2) is 11.9 Å². The van der Waals surface area contributed by atoms with Gasteiger partial charge in [0.25, 0.3) is 11.8 Å². The van der Waals surface area contributed by atoms with E-state index < -0.39 is 59.3 Å². The number of hydrogen-bond donors (Lipinski definition) is 6. The summed E-state index contributed by atoms with van der Waals surface area (Å²) in [5, 5.41) is 23.6. The number of aromatic amines is 1. The number of aromatic nitrogens is 1. The van der Waals surface area contributed by atoms with Crippen LogP contribution in [0.25, 0.3) is 10.9 Å². The highest BCUT2D eigenvalue weighted by atomic mass is 16.3. The molecule has 0 spiro atoms. The van der Waals surface area contributed by atoms with Gasteiger partial charge in [0, 0.05) is 28.6 Å². The fourth-order valence-corrected chi connectivity index (χ4v) is 9.19. The van der Waals surface area contributed by atoms with Gasteiger partial charge in [0.2, 0.25) is 17.7 Å². The van der Waals surface area contributed by atoms with Crippen LogP contribution in [0.2, 0.25) is 0 Å². The summed E-state index contributed by atoms with van der Waals surface area (Å²) < 4.78 is 0. The normalized spacial score (nSPS) is 23.7. The Kier molecular flexibility index (Phi) is 12.9. The van der Waals surface area contributed by atoms with E-state index in [1.165, 1.54) is 6.92 Å². The Hall–Kier alpha value is -4.26. The number of likely N-dealkylation sites (tertiary alicyclic amines) is 1. The number of fused-ring (bicyclic) bond motifs is 2. The number of Topliss-reactive ketones (excluding diaryl/α,β-unsaturated/α-hetero) is 1. The van der Waals surface area contributed by atoms with Crippen LogP contribution in [0, 0.1) is 17.3 Å². The Morgan fingerprint density at radius 2 is 1.57 bits per heavy atom. The van der Waals surface area contributed by atoms with Gasteiger partial charge in [0.1, 0.15) is 23.8 Å². The number of carbonyl (C=O) groups is 6. The Labute approximate surface area is 330 Å². The third-order valence-electron chi connectivity index (χ3n) is 12.5. The molecule has 7 atom stereocenters. The summed E-state index contributed by atoms with van der Waals surface area (Å²) in [5.41, 5.74) is 0.741. The van der Waals surface area contributed by atoms with Crippen LogP contribution in [-0.2, 0) is 19.2 Å². The van der Waals surface area contributed by atoms with Crippen LogP contribution in [0.3, 0.4) is 0 Å². The third kappa shape index (κ3) is 9.46. The average Bonchev–Trinajstić information content (AvgIpc) is 3.73. The number of aliphatic hydroxyl groups is 1. The van der Waals surface area contributed by atoms with E-state index in [-0.39, 0.29) is 41.3 Å². The molecule has 4 fully saturated rings. The molecular weight excluding hydrogens is 713 g/mol. The SMILES string of the molecule is CCC[C@H](NC(=O)[C@@H]1C[C@@H]2CCCC[C@@H]2N1C(=O)[C@@H](NC(=O)[C@@H](NC(=O)c1cc2cc(C(C)=O)ccc2[nH]1)C1CCCCC1)C(C)(C)C)C(O)C(=O)NC1CC1. The number of carbonyl (C=O) groups excluding carboxylic acids is 6. The van der Waals surface area contributed by atoms with Crippen LogP contribution in [-0.4, -0.2) is 92.7 Å². The lowest BCUT2D eigenvalue weighted by Gasteiger charge is -2.40. The summed E-state index contributed by atoms with van der Waals surface area (Å²) >= 11 is 0. The molecule has 1 aromatic heterocycles. The highest BCUT2D eigenvalue weighted by Crippen LogP contribution is 2.41. The molecule has 13 nitrogen and oxygen atoms in total. The zero-order valence-electron chi connectivity index (χ0n) is 33.7. The molecule has 4 aliphatic rings. The van der Waals surface area contributed by atoms with Crippen molar-refractivity contribution in [3.63, 3.8) is 0 Å². The maximum Gasteiger partial charge on any atom is 0.268 e. The van der Waals surface area contributed by atoms with Crippen LogP contribution in [0.5, 0.6) is 0 Å². The second kappa shape index (κ2) is 17.5. The Morgan fingerprint density at radius 3 is 2.23 bits per heavy atom. The molecule has 2 heterocycles. The van der Waals surface area contributed by atoms with Gasteiger partial charge in [-0.2, -0.15) is 0 Å². The number of benzene rings is 1. The van der Waals surface area contributed by atoms with Gasteiger partial charge in [-0.05, 0) is 99.8 Å². The first-order chi connectivity index (χ1) is 26.7. The molecule has 1 aromatic carbocycles. The average molecular weight is 775 g/mol. The van der Waals surface area contributed by atoms with E-state index in [9.17, 15) is 33.9 Å². The van der Waals surface area contributed by atoms with E-state index in [0.717, 1.165) is 70.6 Å². The van der Waals surface area contributed by atoms with E-state index >= 15 is 0 Å². The standard InChI is InChI=1S/C43H62N6O7/c1-6-12-31(36(51)41(55)44-29-18-19-29)46-39(53)34-23-27-15-10-11-16-33(27)49(34)42(56)37(43(3,4)5)48-40(54)35(25-13-8-7-9-14-25)47-38(52)32-22-28-21-26(24(2)50)17-20-30(28)45-32/h17,20-22,25,27,29,31,33-37,45,51H,6-16,18-19,23H2,1-5H3,(H,44,55)(H,46,53)(H,47,52)(H,48,54)/t27-,31-,33-,34-,35-,36?,37+/m0/s1. The van der Waals surface area contributed by atoms with Crippen LogP contribution < -0.4 is 21.3 Å². The van der Waals surface area contributed by atoms with Crippen LogP contribution >= 0.6 is 0 Å². The van der Waals surface area contributed by atoms with E-state index in [4.69, 9.17) is 0 Å². The number of amides is 5. The fraction of sp³-hybridized carbons (Fsp3) is 0.674. The number of H-pyrrole nitrogens is 1. The molecule has 0 radical (unpaired) electrons. The highest BCUT2D eigenvalue weighted by Gasteiger charge is 2.51. The number of ketones is 1. The zero-order valence-corrected chi connectivity index (χ0v) is 33.7. The minimum absolute atomic E-state index is 0.0625. The number of aliphatic hydroxyl groups excluding tert-OH is 1. The summed E-state index contributed by atoms with van der Waals surface area (Å²) in [5.74, 6) is -2.24. The van der Waals surface area contributed by atoms with E-state index in [1.54, 1.807) is 29.2 Å². The lowest BCUT2D eigenvalue weighted by atomic mass is 9.81. The number of rotatable bonds is 14. The molecule has 6 N–H and O–H groups in total. The molecule has 56 heavy (non-hydrogen) atoms. The van der Waals surface area contributed by atoms with Crippen LogP contribution in [0.15, 0.2) is 24.3 Å². The maximum atomic E-state index is 15.0. The molecule has 3 saturated carbocycles. The quantitative estimate of drug-likeness (QED) is 0.151. The molecule has 3 aliphatic carbocycles. The highest BCUT2D eigenvalue weighted by molar-refractivity contribution is 6.03. The maximum absolute atomic E-state index is 15.0. The summed E-state index contributed by atoms with van der Waals surface area (Å²) in [7, 11) is 0. The largest absolute Gasteiger partial charge is 0.381 e. The molecule has 0 bridgehead atoms. The molecule has 13 heteroatoms. The van der Waals surface area contributed by atoms with Crippen molar-refractivity contribution >= 4 is 46.2 Å². The predicted octanol–water partition coefficient (Wildman–Crippen LogP) is 4.66. The van der Waals surface area contributed by atoms with Crippen molar-refractivity contribution in [2.24, 2.45) is 17.3 Å². The number of nitrogens with zero attached hydrogens (tertiary/aromatic N) is 1. The van der Waals surface area contributed by atoms with Crippen molar-refractivity contribution in [2.45, 2.75) is 167 Å². The van der Waals surface area contributed by atoms with Crippen LogP contribution in [0.4, 0.5) is 0 Å². The summed E-state index contributed by atoms with van der Waals surface area (Å²) in [6.45, 7) is 9.08. The molecule has 306 valence electrons. The van der Waals surface area contributed by atoms with Gasteiger partial charge in [-0.3, -0.25) is 28.8 Å². The molecule has 1 aliphatic heterocycles. The topological polar surface area (TPSA) is 190 Å². The smallest absolute Gasteiger partial charge is 0.268 e. The van der Waals surface area contributed by atoms with Gasteiger partial charge in [-0.25, -0.2) is 0 Å². The van der Waals surface area contributed by atoms with Crippen molar-refractivity contribution < 1.29 is 33.9 Å². The van der Waals surface area contributed by atoms with Crippen molar-refractivity contribution in [3.8, 4) is 0 Å². The monoisotopic (exact) mass is 774 g/mol. The number of nitrogens with one attached hydrogen (secondary N) is 5. The fourth-order valence-electron chi connectivity index (χ4n) is 9.19. The third-order valence-corrected chi connectivity index (χ3v) is 12.5. The lowest BCUT2D eigenvalue weighted by molar-refractivity contribution is -0.147. The predicted molar refractivity (Wildman–Crippen MR) is 213 cm³/mol. The minimum atomic E-state index is -1.41. The Bertz CT molecular complexity index is 1790. The van der Waals surface area contributed by atoms with E-state index in [2.05, 4.69) is 26.3 Å². The lowest BCUT2D eigenvalue weighted by Crippen LogP contribution is -2.63. The van der Waals surface area contributed by atoms with Gasteiger partial charge in [0.05, 0.1) is 6.04 Å². The van der Waals surface area contributed by atoms with E-state index in [0.29, 0.717) is 35.7 Å². The first-order valence-electron chi connectivity index (χ1n) is 21.0. The Balaban J connectivity index is 1.23. The zero-order chi connectivity index (χ0) is 40.3. The number of hydrogen-bond acceptors (Lipinski definition) is 7. The summed E-state index contributed by atoms with van der Waals surface area (Å²) in [4.78, 5) is 87.2. The molecule has 2 aromatic rings. The minimum Gasteiger partial charge on any atom is -0.381 e. The van der Waals surface area contributed by atoms with Gasteiger partial charge in [-0.15, -0.1) is 0 Å². The molecule has 5 amide bonds. The second-order valence-electron chi connectivity index (χ2n) is 17.9. The van der Waals surface area contributed by atoms with Crippen molar-refractivity contribution in [3.05, 3.63) is 35.5 Å². The summed E-state index contributed by atoms with van der Waals surface area (Å²) in [6.07, 6.45) is 9.79. The second-order valence-corrected chi connectivity index (χ2v) is 17.9. The van der Waals surface area contributed by atoms with Crippen molar-refractivity contribution in [1.29, 1.82) is 0 Å². The van der Waals surface area contributed by atoms with Gasteiger partial charge >= 0.3 is 0 Å². The summed E-state index contributed by atoms with van der Waals surface area (Å²) in [6, 6.07) is 3.21. The van der Waals surface area contributed by atoms with Crippen molar-refractivity contribution in [2.75, 3.05) is 0 Å². The van der Waals surface area contributed by atoms with E-state index in [1.807, 2.05) is 27.7 Å². The van der Waals surface area contributed by atoms with Gasteiger partial charge < -0.3 is 36.3 Å². The first-order valence-corrected chi connectivity index (χ1v) is 21.0. The molecule has 1 unspecified atom stereocenters. The first kappa shape index (κ1) is 41.4. The van der Waals surface area contributed by atoms with Crippen LogP contribution in [0.1, 0.15) is 145 Å². The van der Waals surface area contributed by atoms with Crippen molar-refractivity contribution in [1.82, 2.24) is 31.2 Å². The molecule has 6 rings (SSSR count). The Morgan fingerprint density at radius 1 is 0.875 bits per heavy atom. The van der Waals surface area contributed by atoms with Gasteiger partial charge in [-0.1, -0.05) is 66.2 Å². The molecular formula is C43H62N6O7. The molecule has 1 saturated heterocycles.